The molecule has 0 aliphatic carbocycles. The summed E-state index contributed by atoms with van der Waals surface area (Å²) in [6.45, 7) is 0. The van der Waals surface area contributed by atoms with E-state index in [-0.39, 0.29) is 0 Å². The largest absolute Gasteiger partial charge is 0.384 e. The predicted octanol–water partition coefficient (Wildman–Crippen LogP) is 1.97. The summed E-state index contributed by atoms with van der Waals surface area (Å²) >= 11 is 1.64. The van der Waals surface area contributed by atoms with Crippen molar-refractivity contribution in [2.24, 2.45) is 0 Å². The Hall–Kier alpha value is -1.55. The monoisotopic (exact) mass is 191 g/mol. The van der Waals surface area contributed by atoms with E-state index in [9.17, 15) is 0 Å². The van der Waals surface area contributed by atoms with Gasteiger partial charge in [0.05, 0.1) is 0 Å². The quantitative estimate of drug-likeness (QED) is 0.724. The fourth-order valence-electron chi connectivity index (χ4n) is 1.17. The van der Waals surface area contributed by atoms with Crippen molar-refractivity contribution >= 4 is 23.0 Å². The molecule has 2 rings (SSSR count). The lowest BCUT2D eigenvalue weighted by molar-refractivity contribution is 1.35. The lowest BCUT2D eigenvalue weighted by Crippen LogP contribution is -1.96. The van der Waals surface area contributed by atoms with Gasteiger partial charge in [-0.25, -0.2) is 4.98 Å². The minimum Gasteiger partial charge on any atom is -0.384 e. The zero-order valence-electron chi connectivity index (χ0n) is 6.90. The lowest BCUT2D eigenvalue weighted by atomic mass is 10.1. The molecule has 2 aromatic heterocycles. The molecule has 0 bridgehead atoms. The van der Waals surface area contributed by atoms with Gasteiger partial charge in [-0.1, -0.05) is 0 Å². The highest BCUT2D eigenvalue weighted by atomic mass is 32.1. The molecule has 0 spiro atoms. The van der Waals surface area contributed by atoms with Crippen molar-refractivity contribution in [3.63, 3.8) is 0 Å². The van der Waals surface area contributed by atoms with Crippen molar-refractivity contribution in [2.45, 2.75) is 0 Å². The Bertz CT molecular complexity index is 389. The number of rotatable bonds is 1. The highest BCUT2D eigenvalue weighted by molar-refractivity contribution is 7.08. The molecule has 0 saturated carbocycles. The van der Waals surface area contributed by atoms with Crippen LogP contribution in [0, 0.1) is 0 Å². The molecule has 0 atom stereocenters. The van der Waals surface area contributed by atoms with Crippen LogP contribution >= 0.6 is 11.3 Å². The summed E-state index contributed by atoms with van der Waals surface area (Å²) in [5.41, 5.74) is 13.3. The summed E-state index contributed by atoms with van der Waals surface area (Å²) in [5, 5.41) is 4.07. The standard InChI is InChI=1S/C9H9N3S/c10-8-3-7(4-9(11)12-8)6-1-2-13-5-6/h1-5H,(H4,10,11,12). The Balaban J connectivity index is 2.53. The highest BCUT2D eigenvalue weighted by Gasteiger charge is 2.00. The van der Waals surface area contributed by atoms with Gasteiger partial charge in [0, 0.05) is 0 Å². The van der Waals surface area contributed by atoms with Crippen LogP contribution < -0.4 is 11.5 Å². The van der Waals surface area contributed by atoms with Crippen molar-refractivity contribution < 1.29 is 0 Å². The van der Waals surface area contributed by atoms with Crippen LogP contribution in [0.5, 0.6) is 0 Å². The topological polar surface area (TPSA) is 64.9 Å². The molecule has 2 heterocycles. The molecule has 0 saturated heterocycles. The van der Waals surface area contributed by atoms with E-state index < -0.39 is 0 Å². The molecular formula is C9H9N3S. The number of nitrogens with zero attached hydrogens (tertiary/aromatic N) is 1. The van der Waals surface area contributed by atoms with E-state index in [2.05, 4.69) is 4.98 Å². The van der Waals surface area contributed by atoms with E-state index >= 15 is 0 Å². The third kappa shape index (κ3) is 1.62. The number of hydrogen-bond acceptors (Lipinski definition) is 4. The average molecular weight is 191 g/mol. The Labute approximate surface area is 80.0 Å². The van der Waals surface area contributed by atoms with Crippen LogP contribution in [0.1, 0.15) is 0 Å². The van der Waals surface area contributed by atoms with E-state index in [1.54, 1.807) is 11.3 Å². The third-order valence-electron chi connectivity index (χ3n) is 1.72. The minimum atomic E-state index is 0.459. The summed E-state index contributed by atoms with van der Waals surface area (Å²) in [5.74, 6) is 0.919. The normalized spacial score (nSPS) is 10.2. The Morgan fingerprint density at radius 3 is 2.31 bits per heavy atom. The molecule has 2 aromatic rings. The van der Waals surface area contributed by atoms with Crippen LogP contribution in [-0.2, 0) is 0 Å². The molecule has 0 amide bonds. The van der Waals surface area contributed by atoms with Crippen LogP contribution in [0.2, 0.25) is 0 Å². The van der Waals surface area contributed by atoms with Crippen molar-refractivity contribution in [3.8, 4) is 11.1 Å². The Kier molecular flexibility index (Phi) is 1.90. The highest BCUT2D eigenvalue weighted by Crippen LogP contribution is 2.24. The molecule has 0 unspecified atom stereocenters. The van der Waals surface area contributed by atoms with Gasteiger partial charge in [0.2, 0.25) is 0 Å². The number of thiophene rings is 1. The van der Waals surface area contributed by atoms with Gasteiger partial charge in [0.1, 0.15) is 11.6 Å². The Morgan fingerprint density at radius 2 is 1.77 bits per heavy atom. The number of pyridine rings is 1. The van der Waals surface area contributed by atoms with Gasteiger partial charge in [-0.05, 0) is 40.1 Å². The zero-order chi connectivity index (χ0) is 9.26. The lowest BCUT2D eigenvalue weighted by Gasteiger charge is -2.00. The van der Waals surface area contributed by atoms with E-state index in [0.717, 1.165) is 11.1 Å². The predicted molar refractivity (Wildman–Crippen MR) is 56.4 cm³/mol. The number of nitrogens with two attached hydrogens (primary N) is 2. The summed E-state index contributed by atoms with van der Waals surface area (Å²) < 4.78 is 0. The second-order valence-corrected chi connectivity index (χ2v) is 3.50. The van der Waals surface area contributed by atoms with Gasteiger partial charge in [0.15, 0.2) is 0 Å². The molecule has 4 N–H and O–H groups in total. The van der Waals surface area contributed by atoms with Crippen LogP contribution in [0.4, 0.5) is 11.6 Å². The van der Waals surface area contributed by atoms with E-state index in [4.69, 9.17) is 11.5 Å². The van der Waals surface area contributed by atoms with Gasteiger partial charge in [0.25, 0.3) is 0 Å². The van der Waals surface area contributed by atoms with Crippen LogP contribution in [-0.4, -0.2) is 4.98 Å². The maximum atomic E-state index is 5.58. The second-order valence-electron chi connectivity index (χ2n) is 2.72. The molecule has 0 radical (unpaired) electrons. The first-order valence-electron chi connectivity index (χ1n) is 3.81. The molecule has 0 aliphatic rings. The van der Waals surface area contributed by atoms with Gasteiger partial charge in [-0.3, -0.25) is 0 Å². The van der Waals surface area contributed by atoms with Gasteiger partial charge in [-0.2, -0.15) is 11.3 Å². The molecule has 3 nitrogen and oxygen atoms in total. The van der Waals surface area contributed by atoms with Crippen LogP contribution in [0.25, 0.3) is 11.1 Å². The number of aromatic nitrogens is 1. The third-order valence-corrected chi connectivity index (χ3v) is 2.40. The average Bonchev–Trinajstić information content (AvgIpc) is 2.53. The fourth-order valence-corrected chi connectivity index (χ4v) is 1.83. The molecule has 0 aliphatic heterocycles. The SMILES string of the molecule is Nc1cc(-c2ccsc2)cc(N)n1. The van der Waals surface area contributed by atoms with Crippen LogP contribution in [0.3, 0.4) is 0 Å². The van der Waals surface area contributed by atoms with Crippen molar-refractivity contribution in [2.75, 3.05) is 11.5 Å². The minimum absolute atomic E-state index is 0.459. The maximum Gasteiger partial charge on any atom is 0.126 e. The number of hydrogen-bond donors (Lipinski definition) is 2. The van der Waals surface area contributed by atoms with E-state index in [1.807, 2.05) is 29.0 Å². The molecule has 66 valence electrons. The van der Waals surface area contributed by atoms with Crippen LogP contribution in [0.15, 0.2) is 29.0 Å². The van der Waals surface area contributed by atoms with Crippen molar-refractivity contribution in [1.82, 2.24) is 4.98 Å². The Morgan fingerprint density at radius 1 is 1.08 bits per heavy atom. The number of anilines is 2. The molecular weight excluding hydrogens is 182 g/mol. The summed E-state index contributed by atoms with van der Waals surface area (Å²) in [4.78, 5) is 3.90. The second kappa shape index (κ2) is 3.06. The molecule has 0 fully saturated rings. The first-order valence-corrected chi connectivity index (χ1v) is 4.75. The molecule has 4 heteroatoms. The fraction of sp³-hybridized carbons (Fsp3) is 0. The molecule has 13 heavy (non-hydrogen) atoms. The van der Waals surface area contributed by atoms with Gasteiger partial charge < -0.3 is 11.5 Å². The molecule has 0 aromatic carbocycles. The van der Waals surface area contributed by atoms with Crippen molar-refractivity contribution in [1.29, 1.82) is 0 Å². The first kappa shape index (κ1) is 8.07. The first-order chi connectivity index (χ1) is 6.25. The summed E-state index contributed by atoms with van der Waals surface area (Å²) in [6, 6.07) is 5.66. The summed E-state index contributed by atoms with van der Waals surface area (Å²) in [7, 11) is 0. The summed E-state index contributed by atoms with van der Waals surface area (Å²) in [6.07, 6.45) is 0. The smallest absolute Gasteiger partial charge is 0.126 e. The maximum absolute atomic E-state index is 5.58. The van der Waals surface area contributed by atoms with Crippen molar-refractivity contribution in [3.05, 3.63) is 29.0 Å². The van der Waals surface area contributed by atoms with E-state index in [1.165, 1.54) is 0 Å². The number of nitrogen functional groups attached to an aromatic ring is 2. The van der Waals surface area contributed by atoms with Gasteiger partial charge in [-0.15, -0.1) is 0 Å². The van der Waals surface area contributed by atoms with E-state index in [0.29, 0.717) is 11.6 Å². The zero-order valence-corrected chi connectivity index (χ0v) is 7.71. The van der Waals surface area contributed by atoms with Gasteiger partial charge >= 0.3 is 0 Å².